The van der Waals surface area contributed by atoms with Crippen molar-refractivity contribution >= 4 is 12.0 Å². The maximum atomic E-state index is 12.3. The summed E-state index contributed by atoms with van der Waals surface area (Å²) in [5, 5.41) is 0. The summed E-state index contributed by atoms with van der Waals surface area (Å²) in [7, 11) is 3.44. The highest BCUT2D eigenvalue weighted by molar-refractivity contribution is 5.91. The molecule has 120 valence electrons. The molecule has 0 atom stereocenters. The van der Waals surface area contributed by atoms with Crippen LogP contribution in [-0.4, -0.2) is 25.0 Å². The molecular formula is C20H23NO2. The normalized spacial score (nSPS) is 10.8. The van der Waals surface area contributed by atoms with Crippen LogP contribution in [0.2, 0.25) is 0 Å². The number of ether oxygens (including phenoxy) is 1. The van der Waals surface area contributed by atoms with Crippen LogP contribution in [0.4, 0.5) is 0 Å². The second-order valence-corrected chi connectivity index (χ2v) is 5.70. The monoisotopic (exact) mass is 309 g/mol. The summed E-state index contributed by atoms with van der Waals surface area (Å²) in [5.41, 5.74) is 4.37. The number of benzene rings is 2. The molecule has 0 spiro atoms. The average molecular weight is 309 g/mol. The molecule has 0 aliphatic heterocycles. The molecule has 0 heterocycles. The zero-order valence-corrected chi connectivity index (χ0v) is 14.2. The van der Waals surface area contributed by atoms with Crippen molar-refractivity contribution in [2.24, 2.45) is 0 Å². The maximum Gasteiger partial charge on any atom is 0.246 e. The van der Waals surface area contributed by atoms with Crippen LogP contribution in [0.25, 0.3) is 6.08 Å². The number of amides is 1. The molecule has 0 aliphatic carbocycles. The fraction of sp³-hybridized carbons (Fsp3) is 0.250. The van der Waals surface area contributed by atoms with Crippen LogP contribution in [0, 0.1) is 13.8 Å². The van der Waals surface area contributed by atoms with E-state index in [9.17, 15) is 4.79 Å². The molecule has 0 aliphatic rings. The first kappa shape index (κ1) is 16.8. The Morgan fingerprint density at radius 2 is 1.91 bits per heavy atom. The number of hydrogen-bond donors (Lipinski definition) is 0. The molecule has 23 heavy (non-hydrogen) atoms. The van der Waals surface area contributed by atoms with Gasteiger partial charge in [-0.2, -0.15) is 0 Å². The number of carbonyl (C=O) groups excluding carboxylic acids is 1. The van der Waals surface area contributed by atoms with E-state index in [1.165, 1.54) is 0 Å². The SMILES string of the molecule is COc1ccc(C)cc1CN(C)C(=O)/C=C/c1ccccc1C. The van der Waals surface area contributed by atoms with Gasteiger partial charge >= 0.3 is 0 Å². The number of rotatable bonds is 5. The van der Waals surface area contributed by atoms with Crippen molar-refractivity contribution in [2.75, 3.05) is 14.2 Å². The zero-order valence-electron chi connectivity index (χ0n) is 14.2. The van der Waals surface area contributed by atoms with Crippen LogP contribution in [0.5, 0.6) is 5.75 Å². The lowest BCUT2D eigenvalue weighted by atomic mass is 10.1. The number of hydrogen-bond acceptors (Lipinski definition) is 2. The maximum absolute atomic E-state index is 12.3. The van der Waals surface area contributed by atoms with Gasteiger partial charge in [0.15, 0.2) is 0 Å². The second-order valence-electron chi connectivity index (χ2n) is 5.70. The highest BCUT2D eigenvalue weighted by Crippen LogP contribution is 2.21. The summed E-state index contributed by atoms with van der Waals surface area (Å²) in [6.07, 6.45) is 3.48. The summed E-state index contributed by atoms with van der Waals surface area (Å²) in [4.78, 5) is 14.0. The Labute approximate surface area is 138 Å². The Hall–Kier alpha value is -2.55. The van der Waals surface area contributed by atoms with E-state index >= 15 is 0 Å². The van der Waals surface area contributed by atoms with Gasteiger partial charge in [-0.1, -0.05) is 42.0 Å². The molecule has 0 fully saturated rings. The summed E-state index contributed by atoms with van der Waals surface area (Å²) in [6, 6.07) is 14.0. The number of carbonyl (C=O) groups is 1. The Balaban J connectivity index is 2.09. The number of aryl methyl sites for hydroxylation is 2. The lowest BCUT2D eigenvalue weighted by Crippen LogP contribution is -2.24. The third kappa shape index (κ3) is 4.46. The van der Waals surface area contributed by atoms with Crippen molar-refractivity contribution in [2.45, 2.75) is 20.4 Å². The number of methoxy groups -OCH3 is 1. The predicted molar refractivity (Wildman–Crippen MR) is 94.4 cm³/mol. The van der Waals surface area contributed by atoms with Gasteiger partial charge < -0.3 is 9.64 Å². The molecule has 0 saturated heterocycles. The van der Waals surface area contributed by atoms with Crippen LogP contribution in [-0.2, 0) is 11.3 Å². The van der Waals surface area contributed by atoms with Crippen LogP contribution < -0.4 is 4.74 Å². The van der Waals surface area contributed by atoms with E-state index in [0.29, 0.717) is 6.54 Å². The fourth-order valence-electron chi connectivity index (χ4n) is 2.43. The van der Waals surface area contributed by atoms with Gasteiger partial charge in [-0.25, -0.2) is 0 Å². The van der Waals surface area contributed by atoms with Gasteiger partial charge in [-0.15, -0.1) is 0 Å². The summed E-state index contributed by atoms with van der Waals surface area (Å²) >= 11 is 0. The van der Waals surface area contributed by atoms with Gasteiger partial charge in [0.1, 0.15) is 5.75 Å². The first-order chi connectivity index (χ1) is 11.0. The molecule has 3 nitrogen and oxygen atoms in total. The van der Waals surface area contributed by atoms with Crippen LogP contribution in [0.15, 0.2) is 48.5 Å². The molecule has 3 heteroatoms. The Bertz CT molecular complexity index is 719. The van der Waals surface area contributed by atoms with E-state index in [4.69, 9.17) is 4.74 Å². The van der Waals surface area contributed by atoms with Crippen LogP contribution in [0.3, 0.4) is 0 Å². The predicted octanol–water partition coefficient (Wildman–Crippen LogP) is 3.98. The second kappa shape index (κ2) is 7.63. The lowest BCUT2D eigenvalue weighted by Gasteiger charge is -2.17. The molecule has 1 amide bonds. The van der Waals surface area contributed by atoms with Gasteiger partial charge in [-0.3, -0.25) is 4.79 Å². The molecule has 0 unspecified atom stereocenters. The quantitative estimate of drug-likeness (QED) is 0.782. The van der Waals surface area contributed by atoms with E-state index in [1.807, 2.05) is 62.4 Å². The largest absolute Gasteiger partial charge is 0.496 e. The molecule has 0 bridgehead atoms. The van der Waals surface area contributed by atoms with Gasteiger partial charge in [0.2, 0.25) is 5.91 Å². The van der Waals surface area contributed by atoms with Crippen molar-refractivity contribution in [1.29, 1.82) is 0 Å². The standard InChI is InChI=1S/C20H23NO2/c1-15-9-11-19(23-4)18(13-15)14-21(3)20(22)12-10-17-8-6-5-7-16(17)2/h5-13H,14H2,1-4H3/b12-10+. The average Bonchev–Trinajstić information content (AvgIpc) is 2.54. The molecule has 0 aromatic heterocycles. The smallest absolute Gasteiger partial charge is 0.246 e. The molecule has 2 aromatic carbocycles. The van der Waals surface area contributed by atoms with Gasteiger partial charge in [-0.05, 0) is 37.1 Å². The van der Waals surface area contributed by atoms with E-state index in [1.54, 1.807) is 25.1 Å². The van der Waals surface area contributed by atoms with Crippen molar-refractivity contribution < 1.29 is 9.53 Å². The van der Waals surface area contributed by atoms with E-state index in [-0.39, 0.29) is 5.91 Å². The van der Waals surface area contributed by atoms with Crippen LogP contribution in [0.1, 0.15) is 22.3 Å². The minimum atomic E-state index is -0.0307. The minimum Gasteiger partial charge on any atom is -0.496 e. The zero-order chi connectivity index (χ0) is 16.8. The van der Waals surface area contributed by atoms with Crippen LogP contribution >= 0.6 is 0 Å². The van der Waals surface area contributed by atoms with Crippen molar-refractivity contribution in [3.05, 3.63) is 70.8 Å². The van der Waals surface area contributed by atoms with Crippen molar-refractivity contribution in [3.8, 4) is 5.75 Å². The van der Waals surface area contributed by atoms with E-state index in [2.05, 4.69) is 0 Å². The van der Waals surface area contributed by atoms with E-state index < -0.39 is 0 Å². The van der Waals surface area contributed by atoms with Gasteiger partial charge in [0, 0.05) is 25.2 Å². The third-order valence-electron chi connectivity index (χ3n) is 3.81. The van der Waals surface area contributed by atoms with E-state index in [0.717, 1.165) is 28.0 Å². The highest BCUT2D eigenvalue weighted by atomic mass is 16.5. The lowest BCUT2D eigenvalue weighted by molar-refractivity contribution is -0.125. The Kier molecular flexibility index (Phi) is 5.58. The molecule has 0 saturated carbocycles. The fourth-order valence-corrected chi connectivity index (χ4v) is 2.43. The van der Waals surface area contributed by atoms with Gasteiger partial charge in [0.05, 0.1) is 7.11 Å². The Morgan fingerprint density at radius 1 is 1.17 bits per heavy atom. The molecule has 0 N–H and O–H groups in total. The molecule has 2 rings (SSSR count). The highest BCUT2D eigenvalue weighted by Gasteiger charge is 2.10. The summed E-state index contributed by atoms with van der Waals surface area (Å²) in [6.45, 7) is 4.58. The first-order valence-corrected chi connectivity index (χ1v) is 7.63. The molecule has 0 radical (unpaired) electrons. The topological polar surface area (TPSA) is 29.5 Å². The molecular weight excluding hydrogens is 286 g/mol. The minimum absolute atomic E-state index is 0.0307. The van der Waals surface area contributed by atoms with Crippen molar-refractivity contribution in [1.82, 2.24) is 4.90 Å². The number of likely N-dealkylation sites (N-methyl/N-ethyl adjacent to an activating group) is 1. The molecule has 2 aromatic rings. The Morgan fingerprint density at radius 3 is 2.61 bits per heavy atom. The third-order valence-corrected chi connectivity index (χ3v) is 3.81. The summed E-state index contributed by atoms with van der Waals surface area (Å²) < 4.78 is 5.37. The first-order valence-electron chi connectivity index (χ1n) is 7.63. The summed E-state index contributed by atoms with van der Waals surface area (Å²) in [5.74, 6) is 0.773. The van der Waals surface area contributed by atoms with Crippen molar-refractivity contribution in [3.63, 3.8) is 0 Å². The van der Waals surface area contributed by atoms with Gasteiger partial charge in [0.25, 0.3) is 0 Å². The number of nitrogens with zero attached hydrogens (tertiary/aromatic N) is 1.